The number of aryl methyl sites for hydroxylation is 1. The Hall–Kier alpha value is -3.49. The first-order valence-electron chi connectivity index (χ1n) is 11.0. The Morgan fingerprint density at radius 2 is 1.68 bits per heavy atom. The minimum absolute atomic E-state index is 0.0121. The average molecular weight is 479 g/mol. The lowest BCUT2D eigenvalue weighted by molar-refractivity contribution is -0.123. The van der Waals surface area contributed by atoms with E-state index in [0.29, 0.717) is 18.7 Å². The second kappa shape index (κ2) is 9.79. The SMILES string of the molecule is Cc1ccc(NC(=O)C(C)OC(=O)c2cccc(S(=O)(=O)N3CCc4ccccc4C3)c2)cc1. The zero-order valence-electron chi connectivity index (χ0n) is 19.0. The van der Waals surface area contributed by atoms with Crippen LogP contribution in [0.4, 0.5) is 5.69 Å². The van der Waals surface area contributed by atoms with Gasteiger partial charge in [0.05, 0.1) is 10.5 Å². The second-order valence-corrected chi connectivity index (χ2v) is 10.2. The van der Waals surface area contributed by atoms with Gasteiger partial charge in [0.2, 0.25) is 10.0 Å². The first-order chi connectivity index (χ1) is 16.2. The average Bonchev–Trinajstić information content (AvgIpc) is 2.85. The van der Waals surface area contributed by atoms with E-state index < -0.39 is 28.0 Å². The third-order valence-electron chi connectivity index (χ3n) is 5.78. The number of amides is 1. The number of nitrogens with one attached hydrogen (secondary N) is 1. The highest BCUT2D eigenvalue weighted by Gasteiger charge is 2.29. The molecule has 1 aliphatic heterocycles. The summed E-state index contributed by atoms with van der Waals surface area (Å²) in [5.41, 5.74) is 3.83. The van der Waals surface area contributed by atoms with Crippen LogP contribution in [-0.2, 0) is 32.5 Å². The van der Waals surface area contributed by atoms with Gasteiger partial charge in [0.15, 0.2) is 6.10 Å². The second-order valence-electron chi connectivity index (χ2n) is 8.29. The van der Waals surface area contributed by atoms with Crippen molar-refractivity contribution >= 4 is 27.6 Å². The summed E-state index contributed by atoms with van der Waals surface area (Å²) in [6, 6.07) is 20.7. The fourth-order valence-corrected chi connectivity index (χ4v) is 5.24. The van der Waals surface area contributed by atoms with E-state index in [4.69, 9.17) is 4.74 Å². The van der Waals surface area contributed by atoms with Crippen molar-refractivity contribution in [2.24, 2.45) is 0 Å². The summed E-state index contributed by atoms with van der Waals surface area (Å²) in [5, 5.41) is 2.69. The van der Waals surface area contributed by atoms with Crippen LogP contribution < -0.4 is 5.32 Å². The van der Waals surface area contributed by atoms with Gasteiger partial charge >= 0.3 is 5.97 Å². The highest BCUT2D eigenvalue weighted by Crippen LogP contribution is 2.25. The van der Waals surface area contributed by atoms with Crippen molar-refractivity contribution in [2.75, 3.05) is 11.9 Å². The molecule has 3 aromatic carbocycles. The molecule has 0 aliphatic carbocycles. The van der Waals surface area contributed by atoms with Crippen LogP contribution in [0.25, 0.3) is 0 Å². The third kappa shape index (κ3) is 5.18. The molecule has 0 aromatic heterocycles. The maximum absolute atomic E-state index is 13.2. The summed E-state index contributed by atoms with van der Waals surface area (Å²) in [4.78, 5) is 25.1. The molecule has 1 N–H and O–H groups in total. The minimum Gasteiger partial charge on any atom is -0.449 e. The highest BCUT2D eigenvalue weighted by molar-refractivity contribution is 7.89. The van der Waals surface area contributed by atoms with E-state index in [9.17, 15) is 18.0 Å². The molecule has 1 amide bonds. The van der Waals surface area contributed by atoms with Gasteiger partial charge in [0.1, 0.15) is 0 Å². The number of carbonyl (C=O) groups is 2. The fraction of sp³-hybridized carbons (Fsp3) is 0.231. The predicted octanol–water partition coefficient (Wildman–Crippen LogP) is 3.93. The Labute approximate surface area is 199 Å². The van der Waals surface area contributed by atoms with Crippen molar-refractivity contribution in [3.05, 3.63) is 95.1 Å². The number of hydrogen-bond acceptors (Lipinski definition) is 5. The molecule has 1 aliphatic rings. The molecule has 1 atom stereocenters. The van der Waals surface area contributed by atoms with Gasteiger partial charge in [-0.15, -0.1) is 0 Å². The lowest BCUT2D eigenvalue weighted by Crippen LogP contribution is -2.36. The summed E-state index contributed by atoms with van der Waals surface area (Å²) >= 11 is 0. The van der Waals surface area contributed by atoms with E-state index in [2.05, 4.69) is 5.32 Å². The Kier molecular flexibility index (Phi) is 6.81. The molecule has 176 valence electrons. The number of fused-ring (bicyclic) bond motifs is 1. The molecular formula is C26H26N2O5S. The van der Waals surface area contributed by atoms with Crippen molar-refractivity contribution in [1.82, 2.24) is 4.31 Å². The van der Waals surface area contributed by atoms with Crippen molar-refractivity contribution in [3.63, 3.8) is 0 Å². The maximum atomic E-state index is 13.2. The maximum Gasteiger partial charge on any atom is 0.338 e. The molecule has 0 spiro atoms. The van der Waals surface area contributed by atoms with Crippen LogP contribution in [0, 0.1) is 6.92 Å². The van der Waals surface area contributed by atoms with Crippen LogP contribution in [0.5, 0.6) is 0 Å². The minimum atomic E-state index is -3.80. The fourth-order valence-electron chi connectivity index (χ4n) is 3.77. The summed E-state index contributed by atoms with van der Waals surface area (Å²) in [7, 11) is -3.80. The van der Waals surface area contributed by atoms with Crippen molar-refractivity contribution in [2.45, 2.75) is 37.8 Å². The van der Waals surface area contributed by atoms with Gasteiger partial charge in [-0.3, -0.25) is 4.79 Å². The van der Waals surface area contributed by atoms with Gasteiger partial charge in [0, 0.05) is 18.8 Å². The molecule has 0 bridgehead atoms. The number of sulfonamides is 1. The number of benzene rings is 3. The van der Waals surface area contributed by atoms with Gasteiger partial charge in [0.25, 0.3) is 5.91 Å². The number of anilines is 1. The van der Waals surface area contributed by atoms with Crippen LogP contribution in [0.3, 0.4) is 0 Å². The standard InChI is InChI=1S/C26H26N2O5S/c1-18-10-12-23(13-11-18)27-25(29)19(2)33-26(30)21-8-5-9-24(16-21)34(31,32)28-15-14-20-6-3-4-7-22(20)17-28/h3-13,16,19H,14-15,17H2,1-2H3,(H,27,29). The highest BCUT2D eigenvalue weighted by atomic mass is 32.2. The van der Waals surface area contributed by atoms with Crippen LogP contribution in [0.2, 0.25) is 0 Å². The molecule has 0 saturated carbocycles. The van der Waals surface area contributed by atoms with Crippen LogP contribution in [-0.4, -0.2) is 37.2 Å². The van der Waals surface area contributed by atoms with Crippen LogP contribution >= 0.6 is 0 Å². The summed E-state index contributed by atoms with van der Waals surface area (Å²) in [6.45, 7) is 4.05. The third-order valence-corrected chi connectivity index (χ3v) is 7.62. The van der Waals surface area contributed by atoms with E-state index >= 15 is 0 Å². The zero-order valence-corrected chi connectivity index (χ0v) is 19.8. The molecular weight excluding hydrogens is 452 g/mol. The predicted molar refractivity (Wildman–Crippen MR) is 129 cm³/mol. The molecule has 0 radical (unpaired) electrons. The molecule has 1 unspecified atom stereocenters. The van der Waals surface area contributed by atoms with Crippen molar-refractivity contribution in [1.29, 1.82) is 0 Å². The molecule has 1 heterocycles. The molecule has 7 nitrogen and oxygen atoms in total. The number of ether oxygens (including phenoxy) is 1. The monoisotopic (exact) mass is 478 g/mol. The lowest BCUT2D eigenvalue weighted by atomic mass is 10.0. The Balaban J connectivity index is 1.44. The van der Waals surface area contributed by atoms with E-state index in [1.807, 2.05) is 43.3 Å². The van der Waals surface area contributed by atoms with Crippen LogP contribution in [0.15, 0.2) is 77.7 Å². The lowest BCUT2D eigenvalue weighted by Gasteiger charge is -2.28. The summed E-state index contributed by atoms with van der Waals surface area (Å²) in [6.07, 6.45) is -0.433. The summed E-state index contributed by atoms with van der Waals surface area (Å²) < 4.78 is 33.2. The molecule has 4 rings (SSSR count). The summed E-state index contributed by atoms with van der Waals surface area (Å²) in [5.74, 6) is -1.25. The number of rotatable bonds is 6. The van der Waals surface area contributed by atoms with Gasteiger partial charge < -0.3 is 10.1 Å². The van der Waals surface area contributed by atoms with E-state index in [0.717, 1.165) is 16.7 Å². The van der Waals surface area contributed by atoms with E-state index in [1.54, 1.807) is 12.1 Å². The van der Waals surface area contributed by atoms with E-state index in [1.165, 1.54) is 35.5 Å². The Morgan fingerprint density at radius 3 is 2.41 bits per heavy atom. The molecule has 0 saturated heterocycles. The van der Waals surface area contributed by atoms with E-state index in [-0.39, 0.29) is 17.0 Å². The molecule has 0 fully saturated rings. The topological polar surface area (TPSA) is 92.8 Å². The number of carbonyl (C=O) groups excluding carboxylic acids is 2. The molecule has 8 heteroatoms. The number of nitrogens with zero attached hydrogens (tertiary/aromatic N) is 1. The quantitative estimate of drug-likeness (QED) is 0.542. The Bertz CT molecular complexity index is 1320. The number of esters is 1. The molecule has 34 heavy (non-hydrogen) atoms. The largest absolute Gasteiger partial charge is 0.449 e. The number of hydrogen-bond donors (Lipinski definition) is 1. The smallest absolute Gasteiger partial charge is 0.338 e. The van der Waals surface area contributed by atoms with Crippen molar-refractivity contribution < 1.29 is 22.7 Å². The van der Waals surface area contributed by atoms with Gasteiger partial charge in [-0.1, -0.05) is 48.0 Å². The normalized spacial score (nSPS) is 14.6. The molecule has 3 aromatic rings. The van der Waals surface area contributed by atoms with Crippen LogP contribution in [0.1, 0.15) is 34.0 Å². The zero-order chi connectivity index (χ0) is 24.3. The Morgan fingerprint density at radius 1 is 0.971 bits per heavy atom. The van der Waals surface area contributed by atoms with Gasteiger partial charge in [-0.05, 0) is 61.7 Å². The van der Waals surface area contributed by atoms with Gasteiger partial charge in [-0.2, -0.15) is 4.31 Å². The first kappa shape index (κ1) is 23.7. The first-order valence-corrected chi connectivity index (χ1v) is 12.4. The van der Waals surface area contributed by atoms with Gasteiger partial charge in [-0.25, -0.2) is 13.2 Å². The van der Waals surface area contributed by atoms with Crippen molar-refractivity contribution in [3.8, 4) is 0 Å².